The average Bonchev–Trinajstić information content (AvgIpc) is 2.56. The molecular weight excluding hydrogens is 319 g/mol. The molecule has 2 aliphatic rings. The van der Waals surface area contributed by atoms with Crippen LogP contribution in [-0.2, 0) is 4.79 Å². The summed E-state index contributed by atoms with van der Waals surface area (Å²) >= 11 is 0.0267. The van der Waals surface area contributed by atoms with Crippen LogP contribution in [0.3, 0.4) is 0 Å². The van der Waals surface area contributed by atoms with Crippen LogP contribution in [0.25, 0.3) is 0 Å². The quantitative estimate of drug-likeness (QED) is 0.306. The number of halogens is 1. The molecule has 90 valence electrons. The van der Waals surface area contributed by atoms with Crippen LogP contribution in [0.15, 0.2) is 21.4 Å². The van der Waals surface area contributed by atoms with E-state index in [1.807, 2.05) is 13.0 Å². The molecule has 2 aliphatic heterocycles. The van der Waals surface area contributed by atoms with Crippen LogP contribution in [0.2, 0.25) is 0 Å². The number of amides is 1. The van der Waals surface area contributed by atoms with E-state index < -0.39 is 0 Å². The van der Waals surface area contributed by atoms with Gasteiger partial charge in [-0.2, -0.15) is 0 Å². The molecule has 4 nitrogen and oxygen atoms in total. The van der Waals surface area contributed by atoms with Crippen LogP contribution in [0.1, 0.15) is 13.3 Å². The fourth-order valence-electron chi connectivity index (χ4n) is 1.82. The summed E-state index contributed by atoms with van der Waals surface area (Å²) in [6.45, 7) is 3.16. The molecule has 0 aliphatic carbocycles. The first-order valence-corrected chi connectivity index (χ1v) is 8.11. The fourth-order valence-corrected chi connectivity index (χ4v) is 3.54. The average molecular weight is 335 g/mol. The molecule has 2 heterocycles. The van der Waals surface area contributed by atoms with Gasteiger partial charge in [0.15, 0.2) is 0 Å². The van der Waals surface area contributed by atoms with Crippen molar-refractivity contribution in [2.45, 2.75) is 19.4 Å². The van der Waals surface area contributed by atoms with E-state index in [1.54, 1.807) is 4.90 Å². The van der Waals surface area contributed by atoms with Crippen LogP contribution >= 0.6 is 0 Å². The molecule has 0 aromatic carbocycles. The monoisotopic (exact) mass is 335 g/mol. The Morgan fingerprint density at radius 3 is 3.19 bits per heavy atom. The van der Waals surface area contributed by atoms with Crippen LogP contribution in [0.5, 0.6) is 0 Å². The second-order valence-electron chi connectivity index (χ2n) is 4.07. The van der Waals surface area contributed by atoms with E-state index in [2.05, 4.69) is 9.40 Å². The number of hydrogen-bond acceptors (Lipinski definition) is 3. The van der Waals surface area contributed by atoms with Gasteiger partial charge in [-0.25, -0.2) is 0 Å². The van der Waals surface area contributed by atoms with E-state index in [0.717, 1.165) is 4.55 Å². The summed E-state index contributed by atoms with van der Waals surface area (Å²) in [7, 11) is 0. The van der Waals surface area contributed by atoms with Crippen molar-refractivity contribution in [2.75, 3.05) is 17.6 Å². The van der Waals surface area contributed by atoms with E-state index >= 15 is 0 Å². The molecular formula is C11H16IN2O2-. The fraction of sp³-hybridized carbons (Fsp3) is 0.545. The van der Waals surface area contributed by atoms with E-state index in [0.29, 0.717) is 25.2 Å². The second kappa shape index (κ2) is 5.18. The number of hydrogen-bond donors (Lipinski definition) is 2. The van der Waals surface area contributed by atoms with Crippen molar-refractivity contribution in [3.05, 3.63) is 21.4 Å². The Balaban J connectivity index is 2.06. The summed E-state index contributed by atoms with van der Waals surface area (Å²) in [4.78, 5) is 13.8. The summed E-state index contributed by atoms with van der Waals surface area (Å²) in [5, 5.41) is 12.6. The predicted octanol–water partition coefficient (Wildman–Crippen LogP) is -2.98. The summed E-state index contributed by atoms with van der Waals surface area (Å²) in [5.41, 5.74) is 1.85. The number of nitrogens with zero attached hydrogens (tertiary/aromatic N) is 1. The first-order valence-electron chi connectivity index (χ1n) is 5.34. The summed E-state index contributed by atoms with van der Waals surface area (Å²) < 4.78 is 3.13. The van der Waals surface area contributed by atoms with Gasteiger partial charge in [0.2, 0.25) is 0 Å². The Morgan fingerprint density at radius 1 is 1.69 bits per heavy atom. The molecule has 1 fully saturated rings. The van der Waals surface area contributed by atoms with Gasteiger partial charge in [0.25, 0.3) is 0 Å². The minimum absolute atomic E-state index is 0.0233. The second-order valence-corrected chi connectivity index (χ2v) is 6.34. The number of alkyl halides is 1. The Labute approximate surface area is 106 Å². The molecule has 16 heavy (non-hydrogen) atoms. The van der Waals surface area contributed by atoms with E-state index in [-0.39, 0.29) is 33.2 Å². The van der Waals surface area contributed by atoms with Gasteiger partial charge in [-0.3, -0.25) is 0 Å². The first-order chi connectivity index (χ1) is 7.66. The van der Waals surface area contributed by atoms with Gasteiger partial charge in [-0.05, 0) is 0 Å². The standard InChI is InChI=1S/C11H16IN2O2/c1-8-4-10(13-7-12-5-8)11(16)14-3-2-9(15)6-14/h4-5,9,13,15H,2-3,6-7H2,1H3/q-1/t9-/m0/s1. The van der Waals surface area contributed by atoms with Gasteiger partial charge in [0.05, 0.1) is 0 Å². The number of allylic oxidation sites excluding steroid dienone is 2. The van der Waals surface area contributed by atoms with Gasteiger partial charge in [0.1, 0.15) is 0 Å². The van der Waals surface area contributed by atoms with Crippen molar-refractivity contribution in [3.8, 4) is 0 Å². The zero-order chi connectivity index (χ0) is 11.5. The van der Waals surface area contributed by atoms with Crippen molar-refractivity contribution < 1.29 is 31.1 Å². The van der Waals surface area contributed by atoms with E-state index in [4.69, 9.17) is 0 Å². The number of nitrogens with one attached hydrogen (secondary N) is 1. The van der Waals surface area contributed by atoms with Crippen LogP contribution in [0.4, 0.5) is 0 Å². The third-order valence-electron chi connectivity index (χ3n) is 2.64. The number of rotatable bonds is 1. The van der Waals surface area contributed by atoms with Crippen molar-refractivity contribution in [1.82, 2.24) is 10.2 Å². The SMILES string of the molecule is CC1=C[I-]CNC(C(=O)N2CC[C@H](O)C2)=C1. The minimum atomic E-state index is -0.348. The molecule has 0 unspecified atom stereocenters. The number of aliphatic hydroxyl groups excluding tert-OH is 1. The topological polar surface area (TPSA) is 52.6 Å². The van der Waals surface area contributed by atoms with Gasteiger partial charge >= 0.3 is 106 Å². The molecule has 0 spiro atoms. The predicted molar refractivity (Wildman–Crippen MR) is 57.0 cm³/mol. The summed E-state index contributed by atoms with van der Waals surface area (Å²) in [6.07, 6.45) is 2.26. The molecule has 1 atom stereocenters. The molecule has 2 rings (SSSR count). The van der Waals surface area contributed by atoms with Gasteiger partial charge in [-0.1, -0.05) is 0 Å². The Kier molecular flexibility index (Phi) is 3.86. The molecule has 0 bridgehead atoms. The third-order valence-corrected chi connectivity index (χ3v) is 4.88. The van der Waals surface area contributed by atoms with Crippen molar-refractivity contribution in [1.29, 1.82) is 0 Å². The maximum absolute atomic E-state index is 12.1. The van der Waals surface area contributed by atoms with E-state index in [1.165, 1.54) is 5.57 Å². The molecule has 0 aromatic rings. The summed E-state index contributed by atoms with van der Waals surface area (Å²) in [6, 6.07) is 0. The van der Waals surface area contributed by atoms with Crippen LogP contribution in [0, 0.1) is 0 Å². The number of likely N-dealkylation sites (tertiary alicyclic amines) is 1. The molecule has 5 heteroatoms. The van der Waals surface area contributed by atoms with Crippen LogP contribution < -0.4 is 26.5 Å². The molecule has 1 amide bonds. The Bertz CT molecular complexity index is 352. The Morgan fingerprint density at radius 2 is 2.50 bits per heavy atom. The zero-order valence-electron chi connectivity index (χ0n) is 9.24. The van der Waals surface area contributed by atoms with Gasteiger partial charge in [-0.15, -0.1) is 0 Å². The summed E-state index contributed by atoms with van der Waals surface area (Å²) in [5.74, 6) is 0.0233. The number of carbonyl (C=O) groups excluding carboxylic acids is 1. The molecule has 1 saturated heterocycles. The zero-order valence-corrected chi connectivity index (χ0v) is 11.4. The normalized spacial score (nSPS) is 26.1. The van der Waals surface area contributed by atoms with Crippen molar-refractivity contribution in [2.24, 2.45) is 0 Å². The number of carbonyl (C=O) groups is 1. The Hall–Kier alpha value is -0.560. The van der Waals surface area contributed by atoms with E-state index in [9.17, 15) is 9.90 Å². The van der Waals surface area contributed by atoms with Gasteiger partial charge < -0.3 is 0 Å². The third kappa shape index (κ3) is 2.76. The molecule has 2 N–H and O–H groups in total. The number of aliphatic hydroxyl groups is 1. The van der Waals surface area contributed by atoms with Gasteiger partial charge in [0, 0.05) is 0 Å². The molecule has 0 saturated carbocycles. The molecule has 0 radical (unpaired) electrons. The van der Waals surface area contributed by atoms with Crippen molar-refractivity contribution >= 4 is 5.91 Å². The first kappa shape index (κ1) is 11.9. The number of β-amino-alcohol motifs (C(OH)–C–C–N with tert-alkyl or cyclic N) is 1. The maximum atomic E-state index is 12.1. The molecule has 0 aromatic heterocycles. The van der Waals surface area contributed by atoms with Crippen LogP contribution in [-0.4, -0.2) is 39.7 Å². The van der Waals surface area contributed by atoms with Crippen molar-refractivity contribution in [3.63, 3.8) is 0 Å².